The van der Waals surface area contributed by atoms with Crippen LogP contribution in [0.25, 0.3) is 5.78 Å². The molecule has 1 N–H and O–H groups in total. The van der Waals surface area contributed by atoms with Crippen molar-refractivity contribution in [2.75, 3.05) is 31.6 Å². The van der Waals surface area contributed by atoms with Crippen molar-refractivity contribution >= 4 is 17.5 Å². The summed E-state index contributed by atoms with van der Waals surface area (Å²) in [6.07, 6.45) is 1.46. The number of anilines is 1. The van der Waals surface area contributed by atoms with Crippen molar-refractivity contribution in [3.63, 3.8) is 0 Å². The Kier molecular flexibility index (Phi) is 4.42. The molecule has 1 fully saturated rings. The lowest BCUT2D eigenvalue weighted by molar-refractivity contribution is -0.135. The Morgan fingerprint density at radius 3 is 2.74 bits per heavy atom. The molecular weight excluding hydrogens is 296 g/mol. The van der Waals surface area contributed by atoms with E-state index in [1.807, 2.05) is 17.9 Å². The van der Waals surface area contributed by atoms with Crippen molar-refractivity contribution in [3.8, 4) is 0 Å². The molecule has 3 heterocycles. The lowest BCUT2D eigenvalue weighted by Gasteiger charge is -2.29. The molecule has 8 nitrogen and oxygen atoms in total. The second-order valence-electron chi connectivity index (χ2n) is 6.00. The molecule has 1 unspecified atom stereocenters. The summed E-state index contributed by atoms with van der Waals surface area (Å²) in [4.78, 5) is 23.0. The van der Waals surface area contributed by atoms with Crippen LogP contribution in [0.15, 0.2) is 12.4 Å². The first-order chi connectivity index (χ1) is 11.1. The van der Waals surface area contributed by atoms with Gasteiger partial charge in [0, 0.05) is 19.2 Å². The molecule has 1 atom stereocenters. The number of amides is 1. The van der Waals surface area contributed by atoms with Gasteiger partial charge in [-0.15, -0.1) is 0 Å². The number of rotatable bonds is 4. The Bertz CT molecular complexity index is 692. The van der Waals surface area contributed by atoms with Crippen LogP contribution in [0.4, 0.5) is 5.82 Å². The zero-order valence-electron chi connectivity index (χ0n) is 13.7. The maximum Gasteiger partial charge on any atom is 0.254 e. The number of ether oxygens (including phenoxy) is 1. The summed E-state index contributed by atoms with van der Waals surface area (Å²) in [6.45, 7) is 8.46. The van der Waals surface area contributed by atoms with Crippen molar-refractivity contribution in [2.45, 2.75) is 32.7 Å². The third kappa shape index (κ3) is 3.26. The maximum absolute atomic E-state index is 12.5. The van der Waals surface area contributed by atoms with Crippen LogP contribution in [0.1, 0.15) is 32.4 Å². The molecule has 3 rings (SSSR count). The van der Waals surface area contributed by atoms with E-state index in [0.29, 0.717) is 32.1 Å². The molecule has 1 saturated heterocycles. The van der Waals surface area contributed by atoms with Crippen LogP contribution in [0.2, 0.25) is 0 Å². The quantitative estimate of drug-likeness (QED) is 0.902. The number of carbonyl (C=O) groups excluding carboxylic acids is 1. The number of morpholine rings is 1. The number of hydrogen-bond acceptors (Lipinski definition) is 6. The van der Waals surface area contributed by atoms with E-state index in [-0.39, 0.29) is 17.9 Å². The summed E-state index contributed by atoms with van der Waals surface area (Å²) in [5, 5.41) is 7.43. The van der Waals surface area contributed by atoms with E-state index in [1.54, 1.807) is 4.52 Å². The molecule has 0 radical (unpaired) electrons. The first kappa shape index (κ1) is 15.7. The number of aromatic nitrogens is 4. The van der Waals surface area contributed by atoms with Crippen LogP contribution in [-0.4, -0.2) is 62.7 Å². The first-order valence-electron chi connectivity index (χ1n) is 7.90. The van der Waals surface area contributed by atoms with Crippen LogP contribution >= 0.6 is 0 Å². The number of carbonyl (C=O) groups is 1. The van der Waals surface area contributed by atoms with Gasteiger partial charge in [0.25, 0.3) is 5.78 Å². The van der Waals surface area contributed by atoms with E-state index >= 15 is 0 Å². The summed E-state index contributed by atoms with van der Waals surface area (Å²) in [7, 11) is 0. The number of nitrogens with one attached hydrogen (secondary N) is 1. The van der Waals surface area contributed by atoms with E-state index in [9.17, 15) is 4.79 Å². The van der Waals surface area contributed by atoms with Gasteiger partial charge in [-0.25, -0.2) is 4.98 Å². The highest BCUT2D eigenvalue weighted by Gasteiger charge is 2.23. The monoisotopic (exact) mass is 318 g/mol. The fraction of sp³-hybridized carbons (Fsp3) is 0.600. The molecule has 0 saturated carbocycles. The molecule has 23 heavy (non-hydrogen) atoms. The summed E-state index contributed by atoms with van der Waals surface area (Å²) in [6, 6.07) is 1.57. The van der Waals surface area contributed by atoms with Gasteiger partial charge in [0.1, 0.15) is 18.2 Å². The van der Waals surface area contributed by atoms with E-state index in [2.05, 4.69) is 34.2 Å². The molecule has 1 aliphatic heterocycles. The predicted molar refractivity (Wildman–Crippen MR) is 85.4 cm³/mol. The van der Waals surface area contributed by atoms with Crippen molar-refractivity contribution in [3.05, 3.63) is 18.1 Å². The predicted octanol–water partition coefficient (Wildman–Crippen LogP) is 0.907. The van der Waals surface area contributed by atoms with Gasteiger partial charge in [-0.05, 0) is 12.8 Å². The van der Waals surface area contributed by atoms with E-state index < -0.39 is 0 Å². The molecular formula is C15H22N6O2. The van der Waals surface area contributed by atoms with Crippen molar-refractivity contribution in [2.24, 2.45) is 0 Å². The zero-order chi connectivity index (χ0) is 16.4. The fourth-order valence-electron chi connectivity index (χ4n) is 2.57. The third-order valence-corrected chi connectivity index (χ3v) is 3.92. The molecule has 8 heteroatoms. The molecule has 1 amide bonds. The number of hydrogen-bond donors (Lipinski definition) is 1. The van der Waals surface area contributed by atoms with Crippen LogP contribution in [0, 0.1) is 0 Å². The van der Waals surface area contributed by atoms with Crippen molar-refractivity contribution in [1.82, 2.24) is 24.5 Å². The Morgan fingerprint density at radius 1 is 1.30 bits per heavy atom. The van der Waals surface area contributed by atoms with Gasteiger partial charge >= 0.3 is 0 Å². The minimum atomic E-state index is -0.358. The van der Waals surface area contributed by atoms with Gasteiger partial charge < -0.3 is 15.0 Å². The topological polar surface area (TPSA) is 84.7 Å². The van der Waals surface area contributed by atoms with Crippen LogP contribution in [0.5, 0.6) is 0 Å². The van der Waals surface area contributed by atoms with Gasteiger partial charge in [-0.2, -0.15) is 14.6 Å². The van der Waals surface area contributed by atoms with E-state index in [0.717, 1.165) is 11.5 Å². The molecule has 0 aromatic carbocycles. The molecule has 2 aromatic rings. The molecule has 2 aromatic heterocycles. The lowest BCUT2D eigenvalue weighted by atomic mass is 10.1. The Labute approximate surface area is 134 Å². The minimum Gasteiger partial charge on any atom is -0.378 e. The Hall–Kier alpha value is -2.22. The third-order valence-electron chi connectivity index (χ3n) is 3.92. The minimum absolute atomic E-state index is 0.0597. The average molecular weight is 318 g/mol. The number of nitrogens with zero attached hydrogens (tertiary/aromatic N) is 5. The Balaban J connectivity index is 1.82. The highest BCUT2D eigenvalue weighted by molar-refractivity contribution is 5.84. The summed E-state index contributed by atoms with van der Waals surface area (Å²) in [5.74, 6) is 1.59. The standard InChI is InChI=1S/C15H22N6O2/c1-10(2)12-8-13(21-15(19-12)16-9-17-21)18-11(3)14(22)20-4-6-23-7-5-20/h8-11,18H,4-7H2,1-3H3. The van der Waals surface area contributed by atoms with Gasteiger partial charge in [0.2, 0.25) is 5.91 Å². The normalized spacial score (nSPS) is 16.8. The average Bonchev–Trinajstić information content (AvgIpc) is 3.03. The van der Waals surface area contributed by atoms with Crippen LogP contribution < -0.4 is 5.32 Å². The zero-order valence-corrected chi connectivity index (χ0v) is 13.7. The molecule has 0 spiro atoms. The van der Waals surface area contributed by atoms with Crippen LogP contribution in [0.3, 0.4) is 0 Å². The largest absolute Gasteiger partial charge is 0.378 e. The van der Waals surface area contributed by atoms with E-state index in [1.165, 1.54) is 6.33 Å². The molecule has 0 aliphatic carbocycles. The van der Waals surface area contributed by atoms with Crippen molar-refractivity contribution < 1.29 is 9.53 Å². The molecule has 124 valence electrons. The first-order valence-corrected chi connectivity index (χ1v) is 7.90. The highest BCUT2D eigenvalue weighted by atomic mass is 16.5. The Morgan fingerprint density at radius 2 is 2.04 bits per heavy atom. The highest BCUT2D eigenvalue weighted by Crippen LogP contribution is 2.18. The van der Waals surface area contributed by atoms with Gasteiger partial charge in [0.15, 0.2) is 0 Å². The van der Waals surface area contributed by atoms with Crippen LogP contribution in [-0.2, 0) is 9.53 Å². The SMILES string of the molecule is CC(Nc1cc(C(C)C)nc2ncnn12)C(=O)N1CCOCC1. The van der Waals surface area contributed by atoms with Gasteiger partial charge in [-0.3, -0.25) is 4.79 Å². The summed E-state index contributed by atoms with van der Waals surface area (Å²) >= 11 is 0. The summed E-state index contributed by atoms with van der Waals surface area (Å²) in [5.41, 5.74) is 0.916. The summed E-state index contributed by atoms with van der Waals surface area (Å²) < 4.78 is 6.91. The van der Waals surface area contributed by atoms with Gasteiger partial charge in [0.05, 0.1) is 18.9 Å². The number of fused-ring (bicyclic) bond motifs is 1. The van der Waals surface area contributed by atoms with Crippen molar-refractivity contribution in [1.29, 1.82) is 0 Å². The second-order valence-corrected chi connectivity index (χ2v) is 6.00. The lowest BCUT2D eigenvalue weighted by Crippen LogP contribution is -2.47. The van der Waals surface area contributed by atoms with E-state index in [4.69, 9.17) is 4.74 Å². The smallest absolute Gasteiger partial charge is 0.254 e. The van der Waals surface area contributed by atoms with Gasteiger partial charge in [-0.1, -0.05) is 13.8 Å². The molecule has 1 aliphatic rings. The fourth-order valence-corrected chi connectivity index (χ4v) is 2.57. The second kappa shape index (κ2) is 6.49. The molecule has 0 bridgehead atoms. The maximum atomic E-state index is 12.5.